The van der Waals surface area contributed by atoms with Gasteiger partial charge in [0.2, 0.25) is 0 Å². The molecule has 1 aliphatic rings. The second kappa shape index (κ2) is 10.1. The minimum Gasteiger partial charge on any atom is -0.389 e. The van der Waals surface area contributed by atoms with Crippen LogP contribution in [0.3, 0.4) is 0 Å². The van der Waals surface area contributed by atoms with E-state index in [0.717, 1.165) is 21.5 Å². The number of pyridine rings is 1. The standard InChI is InChI=1S/C28H24BrClF2N2O2/c29-19-4-8-25-18(13-19)14-22(27(35)34-25)26(17-2-5-20(30)6-3-17)28(36)9-10-33-21(15-28)11-16-1-7-23(31)24(32)12-16/h1-8,12-14,21,26,33,36H,9-11,15H2,(H,34,35). The molecule has 1 fully saturated rings. The minimum atomic E-state index is -1.27. The van der Waals surface area contributed by atoms with Gasteiger partial charge in [-0.25, -0.2) is 8.78 Å². The van der Waals surface area contributed by atoms with Gasteiger partial charge < -0.3 is 15.4 Å². The monoisotopic (exact) mass is 572 g/mol. The Kier molecular flexibility index (Phi) is 7.01. The summed E-state index contributed by atoms with van der Waals surface area (Å²) in [6, 6.07) is 18.3. The number of hydrogen-bond acceptors (Lipinski definition) is 3. The molecule has 3 atom stereocenters. The molecule has 1 aliphatic heterocycles. The van der Waals surface area contributed by atoms with Crippen LogP contribution < -0.4 is 10.9 Å². The van der Waals surface area contributed by atoms with Crippen molar-refractivity contribution in [3.8, 4) is 0 Å². The largest absolute Gasteiger partial charge is 0.389 e. The van der Waals surface area contributed by atoms with Crippen molar-refractivity contribution in [2.24, 2.45) is 0 Å². The Balaban J connectivity index is 1.56. The van der Waals surface area contributed by atoms with E-state index in [1.807, 2.05) is 36.4 Å². The van der Waals surface area contributed by atoms with E-state index in [0.29, 0.717) is 47.5 Å². The second-order valence-electron chi connectivity index (χ2n) is 9.43. The van der Waals surface area contributed by atoms with Crippen LogP contribution in [0.15, 0.2) is 76.0 Å². The molecule has 5 rings (SSSR count). The maximum Gasteiger partial charge on any atom is 0.252 e. The van der Waals surface area contributed by atoms with Gasteiger partial charge in [0.15, 0.2) is 11.6 Å². The Morgan fingerprint density at radius 2 is 1.83 bits per heavy atom. The number of H-pyrrole nitrogens is 1. The molecule has 0 amide bonds. The molecule has 0 aliphatic carbocycles. The van der Waals surface area contributed by atoms with Crippen LogP contribution in [0.4, 0.5) is 8.78 Å². The lowest BCUT2D eigenvalue weighted by atomic mass is 9.70. The van der Waals surface area contributed by atoms with E-state index in [1.165, 1.54) is 6.07 Å². The number of nitrogens with one attached hydrogen (secondary N) is 2. The Labute approximate surface area is 220 Å². The molecular weight excluding hydrogens is 550 g/mol. The average molecular weight is 574 g/mol. The lowest BCUT2D eigenvalue weighted by Gasteiger charge is -2.43. The van der Waals surface area contributed by atoms with Crippen LogP contribution in [0.1, 0.15) is 35.4 Å². The third kappa shape index (κ3) is 5.11. The fourth-order valence-electron chi connectivity index (χ4n) is 5.29. The van der Waals surface area contributed by atoms with Crippen LogP contribution in [0.25, 0.3) is 10.9 Å². The van der Waals surface area contributed by atoms with Crippen molar-refractivity contribution < 1.29 is 13.9 Å². The molecule has 3 aromatic carbocycles. The molecule has 1 aromatic heterocycles. The van der Waals surface area contributed by atoms with Gasteiger partial charge in [-0.2, -0.15) is 0 Å². The van der Waals surface area contributed by atoms with Crippen molar-refractivity contribution in [2.75, 3.05) is 6.54 Å². The van der Waals surface area contributed by atoms with Gasteiger partial charge in [-0.05, 0) is 90.9 Å². The topological polar surface area (TPSA) is 65.1 Å². The van der Waals surface area contributed by atoms with Gasteiger partial charge in [0, 0.05) is 32.5 Å². The van der Waals surface area contributed by atoms with E-state index < -0.39 is 23.2 Å². The highest BCUT2D eigenvalue weighted by molar-refractivity contribution is 9.10. The zero-order valence-electron chi connectivity index (χ0n) is 19.2. The van der Waals surface area contributed by atoms with E-state index in [4.69, 9.17) is 11.6 Å². The highest BCUT2D eigenvalue weighted by Crippen LogP contribution is 2.41. The fourth-order valence-corrected chi connectivity index (χ4v) is 5.80. The number of halogens is 4. The fraction of sp³-hybridized carbons (Fsp3) is 0.250. The number of benzene rings is 3. The SMILES string of the molecule is O=c1[nH]c2ccc(Br)cc2cc1C(c1ccc(Cl)cc1)C1(O)CCNC(Cc2ccc(F)c(F)c2)C1. The molecule has 186 valence electrons. The van der Waals surface area contributed by atoms with Crippen molar-refractivity contribution >= 4 is 38.4 Å². The van der Waals surface area contributed by atoms with Crippen molar-refractivity contribution in [1.82, 2.24) is 10.3 Å². The summed E-state index contributed by atoms with van der Waals surface area (Å²) >= 11 is 9.63. The molecule has 2 heterocycles. The van der Waals surface area contributed by atoms with Crippen molar-refractivity contribution in [2.45, 2.75) is 36.8 Å². The number of rotatable bonds is 5. The molecular formula is C28H24BrClF2N2O2. The highest BCUT2D eigenvalue weighted by Gasteiger charge is 2.43. The Morgan fingerprint density at radius 3 is 2.58 bits per heavy atom. The first-order chi connectivity index (χ1) is 17.2. The van der Waals surface area contributed by atoms with Gasteiger partial charge in [0.05, 0.1) is 5.60 Å². The Morgan fingerprint density at radius 1 is 1.06 bits per heavy atom. The van der Waals surface area contributed by atoms with Crippen LogP contribution in [0.2, 0.25) is 5.02 Å². The lowest BCUT2D eigenvalue weighted by molar-refractivity contribution is -0.0188. The molecule has 0 saturated carbocycles. The Bertz CT molecular complexity index is 1480. The maximum absolute atomic E-state index is 13.8. The first kappa shape index (κ1) is 25.1. The summed E-state index contributed by atoms with van der Waals surface area (Å²) in [6.07, 6.45) is 1.13. The van der Waals surface area contributed by atoms with Gasteiger partial charge in [0.25, 0.3) is 5.56 Å². The summed E-state index contributed by atoms with van der Waals surface area (Å²) in [5, 5.41) is 16.9. The highest BCUT2D eigenvalue weighted by atomic mass is 79.9. The van der Waals surface area contributed by atoms with E-state index in [9.17, 15) is 18.7 Å². The first-order valence-electron chi connectivity index (χ1n) is 11.7. The summed E-state index contributed by atoms with van der Waals surface area (Å²) in [7, 11) is 0. The van der Waals surface area contributed by atoms with E-state index in [1.54, 1.807) is 18.2 Å². The summed E-state index contributed by atoms with van der Waals surface area (Å²) in [5.41, 5.74) is 1.03. The smallest absolute Gasteiger partial charge is 0.252 e. The summed E-state index contributed by atoms with van der Waals surface area (Å²) < 4.78 is 28.1. The zero-order chi connectivity index (χ0) is 25.4. The quantitative estimate of drug-likeness (QED) is 0.271. The number of aromatic nitrogens is 1. The molecule has 0 radical (unpaired) electrons. The molecule has 4 nitrogen and oxygen atoms in total. The average Bonchev–Trinajstić information content (AvgIpc) is 2.83. The van der Waals surface area contributed by atoms with Crippen molar-refractivity contribution in [3.05, 3.63) is 115 Å². The molecule has 4 aromatic rings. The van der Waals surface area contributed by atoms with Crippen LogP contribution in [0, 0.1) is 11.6 Å². The number of hydrogen-bond donors (Lipinski definition) is 3. The molecule has 0 spiro atoms. The molecule has 36 heavy (non-hydrogen) atoms. The van der Waals surface area contributed by atoms with Crippen LogP contribution in [-0.4, -0.2) is 28.3 Å². The zero-order valence-corrected chi connectivity index (χ0v) is 21.5. The number of aliphatic hydroxyl groups is 1. The predicted molar refractivity (Wildman–Crippen MR) is 142 cm³/mol. The molecule has 1 saturated heterocycles. The third-order valence-electron chi connectivity index (χ3n) is 6.94. The van der Waals surface area contributed by atoms with Gasteiger partial charge in [-0.3, -0.25) is 4.79 Å². The van der Waals surface area contributed by atoms with Crippen LogP contribution in [-0.2, 0) is 6.42 Å². The second-order valence-corrected chi connectivity index (χ2v) is 10.8. The van der Waals surface area contributed by atoms with Crippen LogP contribution in [0.5, 0.6) is 0 Å². The van der Waals surface area contributed by atoms with Crippen molar-refractivity contribution in [1.29, 1.82) is 0 Å². The number of fused-ring (bicyclic) bond motifs is 1. The van der Waals surface area contributed by atoms with Crippen molar-refractivity contribution in [3.63, 3.8) is 0 Å². The minimum absolute atomic E-state index is 0.197. The van der Waals surface area contributed by atoms with Gasteiger partial charge in [-0.1, -0.05) is 45.7 Å². The lowest BCUT2D eigenvalue weighted by Crippen LogP contribution is -2.52. The van der Waals surface area contributed by atoms with E-state index in [2.05, 4.69) is 26.2 Å². The van der Waals surface area contributed by atoms with E-state index in [-0.39, 0.29) is 11.6 Å². The predicted octanol–water partition coefficient (Wildman–Crippen LogP) is 6.08. The first-order valence-corrected chi connectivity index (χ1v) is 12.9. The van der Waals surface area contributed by atoms with Gasteiger partial charge >= 0.3 is 0 Å². The Hall–Kier alpha value is -2.58. The van der Waals surface area contributed by atoms with Gasteiger partial charge in [-0.15, -0.1) is 0 Å². The molecule has 3 unspecified atom stereocenters. The summed E-state index contributed by atoms with van der Waals surface area (Å²) in [5.74, 6) is -2.42. The van der Waals surface area contributed by atoms with Crippen LogP contribution >= 0.6 is 27.5 Å². The number of aromatic amines is 1. The summed E-state index contributed by atoms with van der Waals surface area (Å²) in [4.78, 5) is 16.3. The molecule has 8 heteroatoms. The van der Waals surface area contributed by atoms with Gasteiger partial charge in [0.1, 0.15) is 0 Å². The van der Waals surface area contributed by atoms with E-state index >= 15 is 0 Å². The number of piperidine rings is 1. The normalized spacial score (nSPS) is 21.0. The molecule has 3 N–H and O–H groups in total. The molecule has 0 bridgehead atoms. The third-order valence-corrected chi connectivity index (χ3v) is 7.69. The maximum atomic E-state index is 13.8. The summed E-state index contributed by atoms with van der Waals surface area (Å²) in [6.45, 7) is 0.506.